The molecular weight excluding hydrogens is 272 g/mol. The van der Waals surface area contributed by atoms with E-state index < -0.39 is 11.8 Å². The van der Waals surface area contributed by atoms with Gasteiger partial charge in [-0.15, -0.1) is 0 Å². The first-order chi connectivity index (χ1) is 10.1. The van der Waals surface area contributed by atoms with Crippen molar-refractivity contribution in [1.29, 1.82) is 0 Å². The number of carbonyl (C=O) groups excluding carboxylic acids is 2. The van der Waals surface area contributed by atoms with Crippen molar-refractivity contribution in [2.24, 2.45) is 11.3 Å². The predicted molar refractivity (Wildman–Crippen MR) is 73.6 cm³/mol. The van der Waals surface area contributed by atoms with Crippen LogP contribution in [0.5, 0.6) is 0 Å². The van der Waals surface area contributed by atoms with Gasteiger partial charge in [-0.2, -0.15) is 0 Å². The Balaban J connectivity index is 1.34. The summed E-state index contributed by atoms with van der Waals surface area (Å²) >= 11 is 0. The molecule has 0 bridgehead atoms. The third-order valence-corrected chi connectivity index (χ3v) is 5.83. The number of nitrogens with one attached hydrogen (secondary N) is 1. The van der Waals surface area contributed by atoms with Gasteiger partial charge < -0.3 is 19.7 Å². The molecule has 3 heterocycles. The molecule has 1 amide bonds. The molecule has 0 radical (unpaired) electrons. The number of nitrogens with zero attached hydrogens (tertiary/aromatic N) is 1. The fourth-order valence-electron chi connectivity index (χ4n) is 4.20. The largest absolute Gasteiger partial charge is 0.509 e. The van der Waals surface area contributed by atoms with Crippen LogP contribution in [0.25, 0.3) is 0 Å². The fourth-order valence-corrected chi connectivity index (χ4v) is 4.20. The Morgan fingerprint density at radius 2 is 1.90 bits per heavy atom. The van der Waals surface area contributed by atoms with Crippen LogP contribution in [0.3, 0.4) is 0 Å². The zero-order valence-electron chi connectivity index (χ0n) is 12.2. The molecule has 4 aliphatic rings. The van der Waals surface area contributed by atoms with Crippen molar-refractivity contribution in [3.63, 3.8) is 0 Å². The van der Waals surface area contributed by atoms with Crippen molar-refractivity contribution < 1.29 is 19.1 Å². The molecule has 6 nitrogen and oxygen atoms in total. The summed E-state index contributed by atoms with van der Waals surface area (Å²) in [5.41, 5.74) is -0.176. The summed E-state index contributed by atoms with van der Waals surface area (Å²) in [6.07, 6.45) is 4.16. The topological polar surface area (TPSA) is 67.9 Å². The van der Waals surface area contributed by atoms with E-state index >= 15 is 0 Å². The minimum Gasteiger partial charge on any atom is -0.430 e. The average Bonchev–Trinajstić information content (AvgIpc) is 3.07. The van der Waals surface area contributed by atoms with Crippen LogP contribution >= 0.6 is 0 Å². The van der Waals surface area contributed by atoms with E-state index in [0.29, 0.717) is 43.9 Å². The van der Waals surface area contributed by atoms with Crippen molar-refractivity contribution in [1.82, 2.24) is 10.2 Å². The molecule has 1 atom stereocenters. The van der Waals surface area contributed by atoms with Gasteiger partial charge in [-0.3, -0.25) is 4.79 Å². The molecule has 1 N–H and O–H groups in total. The quantitative estimate of drug-likeness (QED) is 0.728. The lowest BCUT2D eigenvalue weighted by atomic mass is 9.90. The Hall–Kier alpha value is -1.30. The molecule has 21 heavy (non-hydrogen) atoms. The van der Waals surface area contributed by atoms with Gasteiger partial charge in [-0.05, 0) is 37.8 Å². The molecular formula is C15H22N2O4. The van der Waals surface area contributed by atoms with E-state index in [0.717, 1.165) is 32.4 Å². The highest BCUT2D eigenvalue weighted by Crippen LogP contribution is 2.59. The minimum absolute atomic E-state index is 0.232. The van der Waals surface area contributed by atoms with Crippen molar-refractivity contribution in [3.8, 4) is 0 Å². The molecule has 116 valence electrons. The van der Waals surface area contributed by atoms with Crippen LogP contribution in [-0.4, -0.2) is 55.3 Å². The van der Waals surface area contributed by atoms with Crippen molar-refractivity contribution >= 4 is 12.1 Å². The third kappa shape index (κ3) is 2.20. The number of piperidine rings is 2. The third-order valence-electron chi connectivity index (χ3n) is 5.83. The first-order valence-electron chi connectivity index (χ1n) is 7.98. The molecule has 3 aliphatic heterocycles. The standard InChI is InChI=1S/C15H22N2O4/c18-12(11-9-14(11)1-5-16-6-2-14)17-7-3-15(4-8-17)10-20-13(19)21-15/h11,16H,1-10H2. The predicted octanol–water partition coefficient (Wildman–Crippen LogP) is 0.904. The van der Waals surface area contributed by atoms with Crippen LogP contribution < -0.4 is 5.32 Å². The molecule has 0 aromatic rings. The van der Waals surface area contributed by atoms with Gasteiger partial charge >= 0.3 is 6.16 Å². The number of likely N-dealkylation sites (tertiary alicyclic amines) is 1. The summed E-state index contributed by atoms with van der Waals surface area (Å²) < 4.78 is 10.2. The highest BCUT2D eigenvalue weighted by atomic mass is 16.8. The Kier molecular flexibility index (Phi) is 2.93. The van der Waals surface area contributed by atoms with E-state index in [4.69, 9.17) is 9.47 Å². The monoisotopic (exact) mass is 294 g/mol. The highest BCUT2D eigenvalue weighted by molar-refractivity contribution is 5.83. The van der Waals surface area contributed by atoms with Gasteiger partial charge in [0.2, 0.25) is 5.91 Å². The summed E-state index contributed by atoms with van der Waals surface area (Å²) in [4.78, 5) is 25.8. The van der Waals surface area contributed by atoms with E-state index in [-0.39, 0.29) is 5.92 Å². The van der Waals surface area contributed by atoms with Crippen LogP contribution in [0.15, 0.2) is 0 Å². The molecule has 0 aromatic heterocycles. The molecule has 2 spiro atoms. The number of rotatable bonds is 1. The smallest absolute Gasteiger partial charge is 0.430 e. The lowest BCUT2D eigenvalue weighted by Crippen LogP contribution is -2.49. The fraction of sp³-hybridized carbons (Fsp3) is 0.867. The van der Waals surface area contributed by atoms with Gasteiger partial charge in [0.15, 0.2) is 5.60 Å². The molecule has 4 fully saturated rings. The maximum absolute atomic E-state index is 12.7. The molecule has 0 aromatic carbocycles. The number of ether oxygens (including phenoxy) is 2. The van der Waals surface area contributed by atoms with E-state index in [2.05, 4.69) is 5.32 Å². The molecule has 6 heteroatoms. The van der Waals surface area contributed by atoms with E-state index in [1.807, 2.05) is 4.90 Å². The second kappa shape index (κ2) is 4.60. The SMILES string of the molecule is O=C1OCC2(CCN(C(=O)C3CC34CCNCC4)CC2)O1. The molecule has 1 saturated carbocycles. The Morgan fingerprint density at radius 1 is 1.19 bits per heavy atom. The highest BCUT2D eigenvalue weighted by Gasteiger charge is 2.59. The van der Waals surface area contributed by atoms with Crippen LogP contribution in [0.4, 0.5) is 4.79 Å². The Bertz CT molecular complexity index is 464. The van der Waals surface area contributed by atoms with Crippen molar-refractivity contribution in [2.75, 3.05) is 32.8 Å². The normalized spacial score (nSPS) is 32.9. The second-order valence-electron chi connectivity index (χ2n) is 7.02. The van der Waals surface area contributed by atoms with Gasteiger partial charge in [0.25, 0.3) is 0 Å². The lowest BCUT2D eigenvalue weighted by Gasteiger charge is -2.37. The van der Waals surface area contributed by atoms with Gasteiger partial charge in [0.05, 0.1) is 0 Å². The average molecular weight is 294 g/mol. The molecule has 1 aliphatic carbocycles. The Labute approximate surface area is 124 Å². The van der Waals surface area contributed by atoms with Crippen LogP contribution in [0.1, 0.15) is 32.1 Å². The van der Waals surface area contributed by atoms with E-state index in [1.54, 1.807) is 0 Å². The molecule has 4 rings (SSSR count). The van der Waals surface area contributed by atoms with E-state index in [1.165, 1.54) is 0 Å². The zero-order valence-corrected chi connectivity index (χ0v) is 12.2. The number of amides is 1. The Morgan fingerprint density at radius 3 is 2.52 bits per heavy atom. The first kappa shape index (κ1) is 13.4. The molecule has 1 unspecified atom stereocenters. The number of hydrogen-bond donors (Lipinski definition) is 1. The van der Waals surface area contributed by atoms with Crippen molar-refractivity contribution in [3.05, 3.63) is 0 Å². The van der Waals surface area contributed by atoms with Gasteiger partial charge in [0, 0.05) is 31.8 Å². The lowest BCUT2D eigenvalue weighted by molar-refractivity contribution is -0.137. The number of cyclic esters (lactones) is 1. The molecule has 3 saturated heterocycles. The second-order valence-corrected chi connectivity index (χ2v) is 7.02. The van der Waals surface area contributed by atoms with Crippen LogP contribution in [0.2, 0.25) is 0 Å². The van der Waals surface area contributed by atoms with Crippen LogP contribution in [-0.2, 0) is 14.3 Å². The number of carbonyl (C=O) groups is 2. The number of hydrogen-bond acceptors (Lipinski definition) is 5. The van der Waals surface area contributed by atoms with Gasteiger partial charge in [0.1, 0.15) is 6.61 Å². The van der Waals surface area contributed by atoms with Crippen molar-refractivity contribution in [2.45, 2.75) is 37.7 Å². The summed E-state index contributed by atoms with van der Waals surface area (Å²) in [5, 5.41) is 3.37. The maximum atomic E-state index is 12.7. The van der Waals surface area contributed by atoms with Gasteiger partial charge in [-0.25, -0.2) is 4.79 Å². The zero-order chi connectivity index (χ0) is 14.5. The summed E-state index contributed by atoms with van der Waals surface area (Å²) in [5.74, 6) is 0.549. The maximum Gasteiger partial charge on any atom is 0.509 e. The summed E-state index contributed by atoms with van der Waals surface area (Å²) in [6.45, 7) is 3.79. The van der Waals surface area contributed by atoms with Crippen LogP contribution in [0, 0.1) is 11.3 Å². The summed E-state index contributed by atoms with van der Waals surface area (Å²) in [6, 6.07) is 0. The minimum atomic E-state index is -0.564. The summed E-state index contributed by atoms with van der Waals surface area (Å²) in [7, 11) is 0. The van der Waals surface area contributed by atoms with E-state index in [9.17, 15) is 9.59 Å². The van der Waals surface area contributed by atoms with Gasteiger partial charge in [-0.1, -0.05) is 0 Å². The first-order valence-corrected chi connectivity index (χ1v) is 7.98.